The number of primary amides is 1. The van der Waals surface area contributed by atoms with Crippen LogP contribution in [-0.4, -0.2) is 81.7 Å². The Morgan fingerprint density at radius 3 is 1.90 bits per heavy atom. The number of carbonyl (C=O) groups excluding carboxylic acids is 4. The third-order valence-corrected chi connectivity index (χ3v) is 3.59. The largest absolute Gasteiger partial charge is 0.481 e. The summed E-state index contributed by atoms with van der Waals surface area (Å²) >= 11 is 0. The normalized spacial score (nSPS) is 14.6. The highest BCUT2D eigenvalue weighted by atomic mass is 16.4. The van der Waals surface area contributed by atoms with E-state index in [2.05, 4.69) is 16.0 Å². The summed E-state index contributed by atoms with van der Waals surface area (Å²) in [5.74, 6) is -6.52. The molecule has 0 fully saturated rings. The van der Waals surface area contributed by atoms with Gasteiger partial charge in [0, 0.05) is 6.42 Å². The summed E-state index contributed by atoms with van der Waals surface area (Å²) in [7, 11) is 0. The number of hydrogen-bond acceptors (Lipinski definition) is 8. The minimum absolute atomic E-state index is 0.378. The first-order valence-corrected chi connectivity index (χ1v) is 8.39. The fraction of sp³-hybridized carbons (Fsp3) is 0.600. The molecule has 0 heterocycles. The van der Waals surface area contributed by atoms with Gasteiger partial charge in [-0.15, -0.1) is 0 Å². The Kier molecular flexibility index (Phi) is 10.9. The van der Waals surface area contributed by atoms with E-state index in [0.29, 0.717) is 0 Å². The molecule has 0 aliphatic carbocycles. The van der Waals surface area contributed by atoms with Crippen LogP contribution in [0.5, 0.6) is 0 Å². The highest BCUT2D eigenvalue weighted by Crippen LogP contribution is 2.00. The standard InChI is InChI=1S/C15H25N5O9/c1-6(12(25)19-8(15(28)29)2-3-11(23)24)18-14(27)9(4-10(17)22)20-13(26)7(16)5-21/h6-9,21H,2-5,16H2,1H3,(H2,17,22)(H,18,27)(H,19,25)(H,20,26)(H,23,24)(H,28,29). The maximum atomic E-state index is 12.3. The lowest BCUT2D eigenvalue weighted by atomic mass is 10.1. The molecule has 0 aliphatic rings. The van der Waals surface area contributed by atoms with E-state index in [1.165, 1.54) is 6.92 Å². The SMILES string of the molecule is CC(NC(=O)C(CC(N)=O)NC(=O)C(N)CO)C(=O)NC(CCC(=O)O)C(=O)O. The van der Waals surface area contributed by atoms with Gasteiger partial charge in [-0.1, -0.05) is 0 Å². The van der Waals surface area contributed by atoms with Crippen molar-refractivity contribution in [3.8, 4) is 0 Å². The van der Waals surface area contributed by atoms with Gasteiger partial charge in [0.2, 0.25) is 23.6 Å². The fourth-order valence-electron chi connectivity index (χ4n) is 1.97. The molecule has 0 saturated carbocycles. The molecule has 10 N–H and O–H groups in total. The van der Waals surface area contributed by atoms with Crippen LogP contribution in [0.15, 0.2) is 0 Å². The van der Waals surface area contributed by atoms with E-state index in [0.717, 1.165) is 0 Å². The smallest absolute Gasteiger partial charge is 0.326 e. The second-order valence-electron chi connectivity index (χ2n) is 6.08. The number of nitrogens with two attached hydrogens (primary N) is 2. The number of rotatable bonds is 13. The molecule has 0 bridgehead atoms. The van der Waals surface area contributed by atoms with Crippen LogP contribution in [0, 0.1) is 0 Å². The van der Waals surface area contributed by atoms with Crippen molar-refractivity contribution in [3.63, 3.8) is 0 Å². The van der Waals surface area contributed by atoms with Gasteiger partial charge in [-0.2, -0.15) is 0 Å². The van der Waals surface area contributed by atoms with Crippen molar-refractivity contribution >= 4 is 35.6 Å². The van der Waals surface area contributed by atoms with Crippen molar-refractivity contribution in [1.29, 1.82) is 0 Å². The predicted molar refractivity (Wildman–Crippen MR) is 94.8 cm³/mol. The molecule has 0 aromatic rings. The lowest BCUT2D eigenvalue weighted by molar-refractivity contribution is -0.143. The number of aliphatic hydroxyl groups excluding tert-OH is 1. The van der Waals surface area contributed by atoms with E-state index < -0.39 is 79.2 Å². The van der Waals surface area contributed by atoms with Crippen molar-refractivity contribution in [2.45, 2.75) is 50.4 Å². The summed E-state index contributed by atoms with van der Waals surface area (Å²) in [6.45, 7) is 0.481. The van der Waals surface area contributed by atoms with E-state index in [9.17, 15) is 28.8 Å². The van der Waals surface area contributed by atoms with E-state index in [1.54, 1.807) is 0 Å². The molecule has 0 aromatic heterocycles. The lowest BCUT2D eigenvalue weighted by Gasteiger charge is -2.22. The molecule has 29 heavy (non-hydrogen) atoms. The van der Waals surface area contributed by atoms with E-state index in [-0.39, 0.29) is 6.42 Å². The maximum absolute atomic E-state index is 12.3. The Bertz CT molecular complexity index is 654. The highest BCUT2D eigenvalue weighted by molar-refractivity contribution is 5.96. The Hall–Kier alpha value is -3.26. The molecule has 14 heteroatoms. The van der Waals surface area contributed by atoms with Crippen molar-refractivity contribution in [2.24, 2.45) is 11.5 Å². The van der Waals surface area contributed by atoms with E-state index >= 15 is 0 Å². The Morgan fingerprint density at radius 1 is 0.897 bits per heavy atom. The molecular weight excluding hydrogens is 394 g/mol. The molecule has 0 saturated heterocycles. The predicted octanol–water partition coefficient (Wildman–Crippen LogP) is -4.39. The first-order chi connectivity index (χ1) is 13.4. The van der Waals surface area contributed by atoms with Gasteiger partial charge in [0.25, 0.3) is 0 Å². The summed E-state index contributed by atoms with van der Waals surface area (Å²) < 4.78 is 0. The highest BCUT2D eigenvalue weighted by Gasteiger charge is 2.29. The van der Waals surface area contributed by atoms with Gasteiger partial charge in [-0.3, -0.25) is 24.0 Å². The van der Waals surface area contributed by atoms with Crippen LogP contribution < -0.4 is 27.4 Å². The van der Waals surface area contributed by atoms with Gasteiger partial charge in [-0.05, 0) is 13.3 Å². The molecule has 14 nitrogen and oxygen atoms in total. The zero-order valence-electron chi connectivity index (χ0n) is 15.6. The number of hydrogen-bond donors (Lipinski definition) is 8. The molecule has 4 unspecified atom stereocenters. The Morgan fingerprint density at radius 2 is 1.45 bits per heavy atom. The number of carbonyl (C=O) groups is 6. The minimum Gasteiger partial charge on any atom is -0.481 e. The summed E-state index contributed by atoms with van der Waals surface area (Å²) in [5, 5.41) is 32.8. The van der Waals surface area contributed by atoms with Gasteiger partial charge < -0.3 is 42.7 Å². The molecule has 164 valence electrons. The summed E-state index contributed by atoms with van der Waals surface area (Å²) in [6, 6.07) is -5.64. The van der Waals surface area contributed by atoms with Gasteiger partial charge in [-0.25, -0.2) is 4.79 Å². The molecule has 0 aliphatic heterocycles. The van der Waals surface area contributed by atoms with E-state index in [4.69, 9.17) is 26.8 Å². The van der Waals surface area contributed by atoms with Crippen LogP contribution in [-0.2, 0) is 28.8 Å². The minimum atomic E-state index is -1.50. The zero-order chi connectivity index (χ0) is 22.7. The number of amides is 4. The number of carboxylic acids is 2. The van der Waals surface area contributed by atoms with Crippen molar-refractivity contribution < 1.29 is 44.1 Å². The Labute approximate surface area is 165 Å². The summed E-state index contributed by atoms with van der Waals surface area (Å²) in [6.07, 6.45) is -1.51. The first kappa shape index (κ1) is 25.7. The average molecular weight is 419 g/mol. The number of nitrogens with one attached hydrogen (secondary N) is 3. The monoisotopic (exact) mass is 419 g/mol. The molecule has 4 atom stereocenters. The van der Waals surface area contributed by atoms with Crippen LogP contribution in [0.2, 0.25) is 0 Å². The molecule has 4 amide bonds. The van der Waals surface area contributed by atoms with Crippen molar-refractivity contribution in [2.75, 3.05) is 6.61 Å². The molecular formula is C15H25N5O9. The van der Waals surface area contributed by atoms with Crippen LogP contribution >= 0.6 is 0 Å². The van der Waals surface area contributed by atoms with Gasteiger partial charge in [0.05, 0.1) is 13.0 Å². The molecule has 0 rings (SSSR count). The quantitative estimate of drug-likeness (QED) is 0.142. The third kappa shape index (κ3) is 10.0. The van der Waals surface area contributed by atoms with Crippen LogP contribution in [0.3, 0.4) is 0 Å². The van der Waals surface area contributed by atoms with E-state index in [1.807, 2.05) is 0 Å². The second-order valence-corrected chi connectivity index (χ2v) is 6.08. The average Bonchev–Trinajstić information content (AvgIpc) is 2.62. The Balaban J connectivity index is 5.02. The lowest BCUT2D eigenvalue weighted by Crippen LogP contribution is -2.57. The summed E-state index contributed by atoms with van der Waals surface area (Å²) in [4.78, 5) is 68.9. The van der Waals surface area contributed by atoms with Crippen LogP contribution in [0.4, 0.5) is 0 Å². The molecule has 0 aromatic carbocycles. The third-order valence-electron chi connectivity index (χ3n) is 3.59. The van der Waals surface area contributed by atoms with Crippen LogP contribution in [0.25, 0.3) is 0 Å². The molecule has 0 radical (unpaired) electrons. The van der Waals surface area contributed by atoms with Gasteiger partial charge >= 0.3 is 11.9 Å². The summed E-state index contributed by atoms with van der Waals surface area (Å²) in [5.41, 5.74) is 10.3. The maximum Gasteiger partial charge on any atom is 0.326 e. The first-order valence-electron chi connectivity index (χ1n) is 8.39. The number of aliphatic hydroxyl groups is 1. The van der Waals surface area contributed by atoms with Gasteiger partial charge in [0.15, 0.2) is 0 Å². The molecule has 0 spiro atoms. The number of aliphatic carboxylic acids is 2. The zero-order valence-corrected chi connectivity index (χ0v) is 15.6. The topological polar surface area (TPSA) is 251 Å². The number of carboxylic acid groups (broad SMARTS) is 2. The van der Waals surface area contributed by atoms with Gasteiger partial charge in [0.1, 0.15) is 24.2 Å². The van der Waals surface area contributed by atoms with Crippen molar-refractivity contribution in [3.05, 3.63) is 0 Å². The van der Waals surface area contributed by atoms with Crippen molar-refractivity contribution in [1.82, 2.24) is 16.0 Å². The second kappa shape index (κ2) is 12.2. The van der Waals surface area contributed by atoms with Crippen LogP contribution in [0.1, 0.15) is 26.2 Å². The fourth-order valence-corrected chi connectivity index (χ4v) is 1.97.